The molecule has 4 nitrogen and oxygen atoms in total. The number of nitrogens with zero attached hydrogens (tertiary/aromatic N) is 1. The van der Waals surface area contributed by atoms with Gasteiger partial charge in [-0.15, -0.1) is 0 Å². The molecule has 1 atom stereocenters. The Morgan fingerprint density at radius 3 is 2.57 bits per heavy atom. The lowest BCUT2D eigenvalue weighted by Crippen LogP contribution is -2.36. The highest BCUT2D eigenvalue weighted by Crippen LogP contribution is 2.25. The van der Waals surface area contributed by atoms with Gasteiger partial charge in [0.15, 0.2) is 0 Å². The number of thioether (sulfide) groups is 1. The van der Waals surface area contributed by atoms with Crippen LogP contribution in [0.25, 0.3) is 0 Å². The average molecular weight is 335 g/mol. The average Bonchev–Trinajstić information content (AvgIpc) is 2.46. The zero-order valence-electron chi connectivity index (χ0n) is 12.8. The van der Waals surface area contributed by atoms with Crippen molar-refractivity contribution in [2.24, 2.45) is 0 Å². The van der Waals surface area contributed by atoms with Crippen molar-refractivity contribution in [2.45, 2.75) is 37.8 Å². The van der Waals surface area contributed by atoms with Crippen LogP contribution in [-0.2, 0) is 16.6 Å². The van der Waals surface area contributed by atoms with E-state index < -0.39 is 22.4 Å². The Hall–Kier alpha value is -0.630. The fourth-order valence-electron chi connectivity index (χ4n) is 1.93. The van der Waals surface area contributed by atoms with E-state index in [9.17, 15) is 12.8 Å². The molecule has 0 aliphatic carbocycles. The van der Waals surface area contributed by atoms with E-state index in [-0.39, 0.29) is 22.1 Å². The topological polar surface area (TPSA) is 57.6 Å². The first kappa shape index (κ1) is 18.4. The predicted molar refractivity (Wildman–Crippen MR) is 84.5 cm³/mol. The van der Waals surface area contributed by atoms with E-state index in [1.807, 2.05) is 13.2 Å². The van der Waals surface area contributed by atoms with Crippen LogP contribution in [-0.4, -0.2) is 42.9 Å². The van der Waals surface area contributed by atoms with Crippen molar-refractivity contribution in [3.63, 3.8) is 0 Å². The van der Waals surface area contributed by atoms with Crippen molar-refractivity contribution in [3.05, 3.63) is 29.1 Å². The quantitative estimate of drug-likeness (QED) is 0.831. The Bertz CT molecular complexity index is 590. The van der Waals surface area contributed by atoms with Gasteiger partial charge in [0.05, 0.1) is 11.5 Å². The van der Waals surface area contributed by atoms with Crippen molar-refractivity contribution in [1.82, 2.24) is 4.31 Å². The molecule has 0 aliphatic heterocycles. The highest BCUT2D eigenvalue weighted by molar-refractivity contribution is 7.98. The molecule has 0 saturated carbocycles. The van der Waals surface area contributed by atoms with Gasteiger partial charge in [0, 0.05) is 18.7 Å². The maximum absolute atomic E-state index is 13.8. The zero-order valence-corrected chi connectivity index (χ0v) is 14.4. The van der Waals surface area contributed by atoms with Gasteiger partial charge in [-0.1, -0.05) is 0 Å². The molecular weight excluding hydrogens is 313 g/mol. The van der Waals surface area contributed by atoms with Crippen LogP contribution in [0.2, 0.25) is 0 Å². The molecule has 1 unspecified atom stereocenters. The Morgan fingerprint density at radius 1 is 1.43 bits per heavy atom. The summed E-state index contributed by atoms with van der Waals surface area (Å²) in [5.41, 5.74) is 0.331. The standard InChI is InChI=1S/C14H22FNO3S2/c1-10(5-6-20-4)16(3)21(18,19)14-8-12(9-17)7-13(15)11(14)2/h7-8,10,17H,5-6,9H2,1-4H3. The van der Waals surface area contributed by atoms with Crippen LogP contribution in [0.3, 0.4) is 0 Å². The SMILES string of the molecule is CSCCC(C)N(C)S(=O)(=O)c1cc(CO)cc(F)c1C. The molecule has 1 aromatic carbocycles. The third-order valence-corrected chi connectivity index (χ3v) is 6.30. The lowest BCUT2D eigenvalue weighted by atomic mass is 10.1. The van der Waals surface area contributed by atoms with Crippen molar-refractivity contribution in [3.8, 4) is 0 Å². The van der Waals surface area contributed by atoms with Crippen molar-refractivity contribution in [1.29, 1.82) is 0 Å². The van der Waals surface area contributed by atoms with Crippen LogP contribution in [0.5, 0.6) is 0 Å². The van der Waals surface area contributed by atoms with Crippen molar-refractivity contribution in [2.75, 3.05) is 19.1 Å². The molecule has 0 aliphatic rings. The Labute approximate surface area is 130 Å². The molecule has 1 rings (SSSR count). The van der Waals surface area contributed by atoms with Crippen molar-refractivity contribution < 1.29 is 17.9 Å². The summed E-state index contributed by atoms with van der Waals surface area (Å²) in [6.07, 6.45) is 2.68. The summed E-state index contributed by atoms with van der Waals surface area (Å²) in [5.74, 6) is 0.232. The molecule has 21 heavy (non-hydrogen) atoms. The summed E-state index contributed by atoms with van der Waals surface area (Å²) >= 11 is 1.65. The highest BCUT2D eigenvalue weighted by atomic mass is 32.2. The van der Waals surface area contributed by atoms with E-state index in [1.54, 1.807) is 11.8 Å². The second-order valence-corrected chi connectivity index (χ2v) is 7.96. The first-order chi connectivity index (χ1) is 9.75. The number of halogens is 1. The van der Waals surface area contributed by atoms with Gasteiger partial charge in [0.2, 0.25) is 10.0 Å². The summed E-state index contributed by atoms with van der Waals surface area (Å²) in [6.45, 7) is 2.87. The summed E-state index contributed by atoms with van der Waals surface area (Å²) in [4.78, 5) is -0.0787. The minimum absolute atomic E-state index is 0.0787. The molecule has 0 spiro atoms. The number of aliphatic hydroxyl groups is 1. The third kappa shape index (κ3) is 4.18. The minimum atomic E-state index is -3.78. The number of rotatable bonds is 7. The molecule has 0 radical (unpaired) electrons. The van der Waals surface area contributed by atoms with Gasteiger partial charge in [-0.25, -0.2) is 12.8 Å². The van der Waals surface area contributed by atoms with E-state index in [1.165, 1.54) is 24.3 Å². The Kier molecular flexibility index (Phi) is 6.65. The molecule has 1 N–H and O–H groups in total. The first-order valence-electron chi connectivity index (χ1n) is 6.62. The van der Waals surface area contributed by atoms with Gasteiger partial charge in [0.1, 0.15) is 5.82 Å². The normalized spacial score (nSPS) is 13.7. The van der Waals surface area contributed by atoms with E-state index in [0.717, 1.165) is 18.2 Å². The number of aliphatic hydroxyl groups excluding tert-OH is 1. The molecule has 1 aromatic rings. The summed E-state index contributed by atoms with van der Waals surface area (Å²) < 4.78 is 40.4. The summed E-state index contributed by atoms with van der Waals surface area (Å²) in [7, 11) is -2.28. The number of sulfonamides is 1. The van der Waals surface area contributed by atoms with E-state index in [0.29, 0.717) is 0 Å². The van der Waals surface area contributed by atoms with Gasteiger partial charge in [-0.3, -0.25) is 0 Å². The van der Waals surface area contributed by atoms with E-state index >= 15 is 0 Å². The van der Waals surface area contributed by atoms with Gasteiger partial charge in [-0.2, -0.15) is 16.1 Å². The fourth-order valence-corrected chi connectivity index (χ4v) is 4.18. The Morgan fingerprint density at radius 2 is 2.05 bits per heavy atom. The van der Waals surface area contributed by atoms with Gasteiger partial charge in [0.25, 0.3) is 0 Å². The maximum atomic E-state index is 13.8. The van der Waals surface area contributed by atoms with Crippen LogP contribution >= 0.6 is 11.8 Å². The second-order valence-electron chi connectivity index (χ2n) is 5.01. The van der Waals surface area contributed by atoms with Crippen LogP contribution in [0.1, 0.15) is 24.5 Å². The van der Waals surface area contributed by atoms with Crippen LogP contribution in [0, 0.1) is 12.7 Å². The molecule has 0 aromatic heterocycles. The number of hydrogen-bond acceptors (Lipinski definition) is 4. The predicted octanol–water partition coefficient (Wildman–Crippen LogP) is 2.39. The molecule has 0 saturated heterocycles. The summed E-state index contributed by atoms with van der Waals surface area (Å²) in [6, 6.07) is 2.32. The molecule has 7 heteroatoms. The van der Waals surface area contributed by atoms with Crippen LogP contribution < -0.4 is 0 Å². The Balaban J connectivity index is 3.21. The largest absolute Gasteiger partial charge is 0.392 e. The maximum Gasteiger partial charge on any atom is 0.243 e. The molecule has 0 heterocycles. The second kappa shape index (κ2) is 7.58. The molecule has 0 fully saturated rings. The lowest BCUT2D eigenvalue weighted by Gasteiger charge is -2.25. The van der Waals surface area contributed by atoms with Gasteiger partial charge in [-0.05, 0) is 50.0 Å². The molecule has 0 amide bonds. The third-order valence-electron chi connectivity index (χ3n) is 3.56. The number of benzene rings is 1. The van der Waals surface area contributed by atoms with E-state index in [2.05, 4.69) is 0 Å². The van der Waals surface area contributed by atoms with Crippen LogP contribution in [0.15, 0.2) is 17.0 Å². The first-order valence-corrected chi connectivity index (χ1v) is 9.46. The summed E-state index contributed by atoms with van der Waals surface area (Å²) in [5, 5.41) is 9.13. The van der Waals surface area contributed by atoms with E-state index in [4.69, 9.17) is 5.11 Å². The minimum Gasteiger partial charge on any atom is -0.392 e. The monoisotopic (exact) mass is 335 g/mol. The number of hydrogen-bond donors (Lipinski definition) is 1. The highest BCUT2D eigenvalue weighted by Gasteiger charge is 2.28. The molecule has 120 valence electrons. The smallest absolute Gasteiger partial charge is 0.243 e. The zero-order chi connectivity index (χ0) is 16.2. The van der Waals surface area contributed by atoms with Crippen LogP contribution in [0.4, 0.5) is 4.39 Å². The lowest BCUT2D eigenvalue weighted by molar-refractivity contribution is 0.280. The van der Waals surface area contributed by atoms with Crippen molar-refractivity contribution >= 4 is 21.8 Å². The fraction of sp³-hybridized carbons (Fsp3) is 0.571. The molecule has 0 bridgehead atoms. The van der Waals surface area contributed by atoms with Gasteiger partial charge < -0.3 is 5.11 Å². The van der Waals surface area contributed by atoms with Gasteiger partial charge >= 0.3 is 0 Å². The molecular formula is C14H22FNO3S2.